The number of aromatic nitrogens is 1. The Labute approximate surface area is 120 Å². The molecule has 1 aromatic heterocycles. The summed E-state index contributed by atoms with van der Waals surface area (Å²) in [6, 6.07) is 4.96. The molecule has 0 radical (unpaired) electrons. The molecule has 1 fully saturated rings. The maximum atomic E-state index is 12.2. The summed E-state index contributed by atoms with van der Waals surface area (Å²) in [6.07, 6.45) is 2.60. The topological polar surface area (TPSA) is 71.1 Å². The molecule has 5 nitrogen and oxygen atoms in total. The first-order valence-corrected chi connectivity index (χ1v) is 7.54. The van der Waals surface area contributed by atoms with Crippen molar-refractivity contribution in [2.24, 2.45) is 0 Å². The summed E-state index contributed by atoms with van der Waals surface area (Å²) in [4.78, 5) is 28.2. The zero-order valence-electron chi connectivity index (χ0n) is 10.9. The molecule has 1 aliphatic rings. The Hall–Kier alpha value is -1.95. The first-order valence-electron chi connectivity index (χ1n) is 6.66. The first kappa shape index (κ1) is 13.1. The molecular weight excluding hydrogens is 274 g/mol. The normalized spacial score (nSPS) is 19.4. The van der Waals surface area contributed by atoms with E-state index in [1.807, 2.05) is 12.1 Å². The van der Waals surface area contributed by atoms with Crippen molar-refractivity contribution in [2.45, 2.75) is 25.3 Å². The molecule has 3 rings (SSSR count). The minimum absolute atomic E-state index is 0.0882. The van der Waals surface area contributed by atoms with Crippen LogP contribution in [0.15, 0.2) is 23.7 Å². The summed E-state index contributed by atoms with van der Waals surface area (Å²) in [7, 11) is 0. The van der Waals surface area contributed by atoms with Gasteiger partial charge in [-0.2, -0.15) is 0 Å². The van der Waals surface area contributed by atoms with Crippen molar-refractivity contribution in [3.8, 4) is 0 Å². The number of carbonyl (C=O) groups is 2. The highest BCUT2D eigenvalue weighted by atomic mass is 32.1. The molecule has 1 aromatic carbocycles. The molecule has 2 heterocycles. The maximum absolute atomic E-state index is 12.2. The molecule has 6 heteroatoms. The van der Waals surface area contributed by atoms with Gasteiger partial charge in [-0.05, 0) is 37.5 Å². The zero-order chi connectivity index (χ0) is 13.9. The Balaban J connectivity index is 1.76. The fourth-order valence-electron chi connectivity index (χ4n) is 2.31. The lowest BCUT2D eigenvalue weighted by Crippen LogP contribution is -2.45. The number of thiazole rings is 1. The molecule has 0 unspecified atom stereocenters. The number of nitrogens with zero attached hydrogens (tertiary/aromatic N) is 1. The Kier molecular flexibility index (Phi) is 3.64. The van der Waals surface area contributed by atoms with E-state index in [1.54, 1.807) is 11.6 Å². The van der Waals surface area contributed by atoms with Gasteiger partial charge in [0.1, 0.15) is 6.04 Å². The minimum atomic E-state index is -0.429. The number of benzene rings is 1. The van der Waals surface area contributed by atoms with Crippen molar-refractivity contribution in [3.05, 3.63) is 29.3 Å². The monoisotopic (exact) mass is 289 g/mol. The van der Waals surface area contributed by atoms with Gasteiger partial charge in [0.25, 0.3) is 5.91 Å². The summed E-state index contributed by atoms with van der Waals surface area (Å²) in [5, 5.41) is 5.63. The molecule has 0 spiro atoms. The fourth-order valence-corrected chi connectivity index (χ4v) is 3.03. The third kappa shape index (κ3) is 2.65. The van der Waals surface area contributed by atoms with Gasteiger partial charge in [-0.3, -0.25) is 9.59 Å². The summed E-state index contributed by atoms with van der Waals surface area (Å²) < 4.78 is 0.975. The van der Waals surface area contributed by atoms with Crippen LogP contribution in [0.1, 0.15) is 29.6 Å². The Morgan fingerprint density at radius 1 is 1.40 bits per heavy atom. The van der Waals surface area contributed by atoms with E-state index in [2.05, 4.69) is 15.6 Å². The smallest absolute Gasteiger partial charge is 0.251 e. The molecule has 1 saturated heterocycles. The molecule has 1 aliphatic heterocycles. The first-order chi connectivity index (χ1) is 9.74. The highest BCUT2D eigenvalue weighted by molar-refractivity contribution is 7.16. The molecule has 0 aliphatic carbocycles. The molecule has 0 saturated carbocycles. The van der Waals surface area contributed by atoms with Gasteiger partial charge in [-0.15, -0.1) is 11.3 Å². The van der Waals surface area contributed by atoms with Gasteiger partial charge in [0, 0.05) is 12.1 Å². The third-order valence-electron chi connectivity index (χ3n) is 3.43. The molecule has 1 atom stereocenters. The van der Waals surface area contributed by atoms with Crippen molar-refractivity contribution in [3.63, 3.8) is 0 Å². The van der Waals surface area contributed by atoms with Gasteiger partial charge in [0.15, 0.2) is 0 Å². The quantitative estimate of drug-likeness (QED) is 0.884. The van der Waals surface area contributed by atoms with E-state index in [9.17, 15) is 9.59 Å². The second kappa shape index (κ2) is 5.58. The van der Waals surface area contributed by atoms with Crippen LogP contribution in [0.3, 0.4) is 0 Å². The lowest BCUT2D eigenvalue weighted by Gasteiger charge is -2.15. The van der Waals surface area contributed by atoms with Gasteiger partial charge in [0.2, 0.25) is 5.91 Å². The Morgan fingerprint density at radius 2 is 2.30 bits per heavy atom. The highest BCUT2D eigenvalue weighted by Gasteiger charge is 2.22. The zero-order valence-corrected chi connectivity index (χ0v) is 11.7. The minimum Gasteiger partial charge on any atom is -0.354 e. The van der Waals surface area contributed by atoms with E-state index in [1.165, 1.54) is 11.3 Å². The molecule has 20 heavy (non-hydrogen) atoms. The van der Waals surface area contributed by atoms with Crippen LogP contribution in [0.5, 0.6) is 0 Å². The number of hydrogen-bond donors (Lipinski definition) is 2. The number of fused-ring (bicyclic) bond motifs is 1. The molecule has 0 bridgehead atoms. The summed E-state index contributed by atoms with van der Waals surface area (Å²) in [6.45, 7) is 0.692. The van der Waals surface area contributed by atoms with Crippen LogP contribution in [0.4, 0.5) is 0 Å². The van der Waals surface area contributed by atoms with Gasteiger partial charge in [-0.25, -0.2) is 4.98 Å². The second-order valence-electron chi connectivity index (χ2n) is 4.85. The summed E-state index contributed by atoms with van der Waals surface area (Å²) in [5.74, 6) is -0.294. The number of nitrogens with one attached hydrogen (secondary N) is 2. The standard InChI is InChI=1S/C14H15N3O2S/c18-13(17-11-3-1-2-6-15-14(11)19)9-4-5-10-12(7-9)20-8-16-10/h4-5,7-8,11H,1-3,6H2,(H,15,19)(H,17,18)/t11-/m0/s1. The van der Waals surface area contributed by atoms with Gasteiger partial charge >= 0.3 is 0 Å². The van der Waals surface area contributed by atoms with Crippen molar-refractivity contribution >= 4 is 33.4 Å². The fraction of sp³-hybridized carbons (Fsp3) is 0.357. The van der Waals surface area contributed by atoms with E-state index < -0.39 is 6.04 Å². The van der Waals surface area contributed by atoms with Gasteiger partial charge < -0.3 is 10.6 Å². The lowest BCUT2D eigenvalue weighted by molar-refractivity contribution is -0.122. The number of amides is 2. The van der Waals surface area contributed by atoms with Crippen molar-refractivity contribution in [2.75, 3.05) is 6.54 Å². The molecular formula is C14H15N3O2S. The largest absolute Gasteiger partial charge is 0.354 e. The van der Waals surface area contributed by atoms with E-state index in [-0.39, 0.29) is 11.8 Å². The molecule has 2 N–H and O–H groups in total. The molecule has 2 aromatic rings. The molecule has 2 amide bonds. The van der Waals surface area contributed by atoms with Crippen molar-refractivity contribution in [1.82, 2.24) is 15.6 Å². The van der Waals surface area contributed by atoms with Crippen LogP contribution < -0.4 is 10.6 Å². The van der Waals surface area contributed by atoms with E-state index in [4.69, 9.17) is 0 Å². The van der Waals surface area contributed by atoms with E-state index in [0.29, 0.717) is 18.5 Å². The molecule has 104 valence electrons. The van der Waals surface area contributed by atoms with Crippen LogP contribution >= 0.6 is 11.3 Å². The predicted octanol–water partition coefficient (Wildman–Crippen LogP) is 1.69. The third-order valence-corrected chi connectivity index (χ3v) is 4.23. The van der Waals surface area contributed by atoms with Crippen LogP contribution in [-0.2, 0) is 4.79 Å². The van der Waals surface area contributed by atoms with E-state index in [0.717, 1.165) is 23.1 Å². The maximum Gasteiger partial charge on any atom is 0.251 e. The van der Waals surface area contributed by atoms with Crippen LogP contribution in [-0.4, -0.2) is 29.4 Å². The average Bonchev–Trinajstić information content (AvgIpc) is 2.83. The number of carbonyl (C=O) groups excluding carboxylic acids is 2. The number of rotatable bonds is 2. The summed E-state index contributed by atoms with van der Waals surface area (Å²) >= 11 is 1.50. The van der Waals surface area contributed by atoms with Crippen molar-refractivity contribution in [1.29, 1.82) is 0 Å². The number of hydrogen-bond acceptors (Lipinski definition) is 4. The highest BCUT2D eigenvalue weighted by Crippen LogP contribution is 2.19. The van der Waals surface area contributed by atoms with Crippen LogP contribution in [0.2, 0.25) is 0 Å². The van der Waals surface area contributed by atoms with Crippen LogP contribution in [0, 0.1) is 0 Å². The van der Waals surface area contributed by atoms with Crippen LogP contribution in [0.25, 0.3) is 10.2 Å². The van der Waals surface area contributed by atoms with Crippen molar-refractivity contribution < 1.29 is 9.59 Å². The lowest BCUT2D eigenvalue weighted by atomic mass is 10.1. The Bertz CT molecular complexity index is 653. The predicted molar refractivity (Wildman–Crippen MR) is 77.7 cm³/mol. The van der Waals surface area contributed by atoms with E-state index >= 15 is 0 Å². The van der Waals surface area contributed by atoms with Gasteiger partial charge in [0.05, 0.1) is 15.7 Å². The Morgan fingerprint density at radius 3 is 3.20 bits per heavy atom. The average molecular weight is 289 g/mol. The second-order valence-corrected chi connectivity index (χ2v) is 5.73. The SMILES string of the molecule is O=C(N[C@H]1CCCCNC1=O)c1ccc2ncsc2c1. The van der Waals surface area contributed by atoms with Gasteiger partial charge in [-0.1, -0.05) is 0 Å². The summed E-state index contributed by atoms with van der Waals surface area (Å²) in [5.41, 5.74) is 3.21.